The SMILES string of the molecule is CCc1nn(C)cc1NC(=O)c1cc([N+](=O)[O-])ccc1Cl. The van der Waals surface area contributed by atoms with Crippen LogP contribution in [0.1, 0.15) is 23.0 Å². The van der Waals surface area contributed by atoms with E-state index in [2.05, 4.69) is 10.4 Å². The first kappa shape index (κ1) is 15.0. The van der Waals surface area contributed by atoms with Gasteiger partial charge in [-0.1, -0.05) is 18.5 Å². The van der Waals surface area contributed by atoms with E-state index < -0.39 is 10.8 Å². The van der Waals surface area contributed by atoms with Gasteiger partial charge >= 0.3 is 0 Å². The fourth-order valence-electron chi connectivity index (χ4n) is 1.89. The lowest BCUT2D eigenvalue weighted by atomic mass is 10.2. The van der Waals surface area contributed by atoms with E-state index in [1.165, 1.54) is 12.1 Å². The molecule has 7 nitrogen and oxygen atoms in total. The standard InChI is InChI=1S/C13H13ClN4O3/c1-3-11-12(7-17(2)16-11)15-13(19)9-6-8(18(20)21)4-5-10(9)14/h4-7H,3H2,1-2H3,(H,15,19). The van der Waals surface area contributed by atoms with Gasteiger partial charge in [0.1, 0.15) is 0 Å². The van der Waals surface area contributed by atoms with Gasteiger partial charge < -0.3 is 5.32 Å². The minimum Gasteiger partial charge on any atom is -0.319 e. The lowest BCUT2D eigenvalue weighted by Gasteiger charge is -2.06. The molecular weight excluding hydrogens is 296 g/mol. The molecule has 0 spiro atoms. The van der Waals surface area contributed by atoms with Crippen LogP contribution < -0.4 is 5.32 Å². The largest absolute Gasteiger partial charge is 0.319 e. The smallest absolute Gasteiger partial charge is 0.270 e. The van der Waals surface area contributed by atoms with Gasteiger partial charge in [-0.25, -0.2) is 0 Å². The molecular formula is C13H13ClN4O3. The minimum absolute atomic E-state index is 0.0526. The van der Waals surface area contributed by atoms with Gasteiger partial charge in [0.15, 0.2) is 0 Å². The highest BCUT2D eigenvalue weighted by molar-refractivity contribution is 6.34. The van der Waals surface area contributed by atoms with Crippen LogP contribution >= 0.6 is 11.6 Å². The van der Waals surface area contributed by atoms with Crippen molar-refractivity contribution >= 4 is 28.9 Å². The number of benzene rings is 1. The normalized spacial score (nSPS) is 10.4. The maximum Gasteiger partial charge on any atom is 0.270 e. The Morgan fingerprint density at radius 3 is 2.86 bits per heavy atom. The van der Waals surface area contributed by atoms with Crippen LogP contribution in [0.15, 0.2) is 24.4 Å². The molecule has 0 fully saturated rings. The average molecular weight is 309 g/mol. The molecule has 1 aromatic heterocycles. The predicted molar refractivity (Wildman–Crippen MR) is 78.6 cm³/mol. The third-order valence-corrected chi connectivity index (χ3v) is 3.22. The number of rotatable bonds is 4. The Bertz CT molecular complexity index is 711. The van der Waals surface area contributed by atoms with Crippen LogP contribution in [0, 0.1) is 10.1 Å². The number of nitro benzene ring substituents is 1. The molecule has 1 amide bonds. The number of nitro groups is 1. The van der Waals surface area contributed by atoms with E-state index in [9.17, 15) is 14.9 Å². The number of carbonyl (C=O) groups excluding carboxylic acids is 1. The Balaban J connectivity index is 2.31. The van der Waals surface area contributed by atoms with Crippen molar-refractivity contribution < 1.29 is 9.72 Å². The zero-order valence-corrected chi connectivity index (χ0v) is 12.2. The third-order valence-electron chi connectivity index (χ3n) is 2.89. The molecule has 0 aliphatic heterocycles. The zero-order chi connectivity index (χ0) is 15.6. The Kier molecular flexibility index (Phi) is 4.23. The molecule has 0 saturated carbocycles. The van der Waals surface area contributed by atoms with Crippen molar-refractivity contribution in [3.05, 3.63) is 50.8 Å². The number of anilines is 1. The molecule has 1 N–H and O–H groups in total. The molecule has 1 aromatic carbocycles. The van der Waals surface area contributed by atoms with Gasteiger partial charge in [-0.3, -0.25) is 19.6 Å². The number of aryl methyl sites for hydroxylation is 2. The van der Waals surface area contributed by atoms with Crippen molar-refractivity contribution in [1.82, 2.24) is 9.78 Å². The molecule has 0 aliphatic rings. The first-order chi connectivity index (χ1) is 9.92. The molecule has 0 unspecified atom stereocenters. The molecule has 110 valence electrons. The number of hydrogen-bond donors (Lipinski definition) is 1. The van der Waals surface area contributed by atoms with Crippen LogP contribution in [0.5, 0.6) is 0 Å². The van der Waals surface area contributed by atoms with Crippen LogP contribution in [0.25, 0.3) is 0 Å². The van der Waals surface area contributed by atoms with Gasteiger partial charge in [0.05, 0.1) is 26.9 Å². The van der Waals surface area contributed by atoms with E-state index in [-0.39, 0.29) is 16.3 Å². The number of amides is 1. The summed E-state index contributed by atoms with van der Waals surface area (Å²) in [7, 11) is 1.75. The highest BCUT2D eigenvalue weighted by atomic mass is 35.5. The first-order valence-electron chi connectivity index (χ1n) is 6.20. The second kappa shape index (κ2) is 5.92. The molecule has 0 bridgehead atoms. The van der Waals surface area contributed by atoms with Crippen molar-refractivity contribution in [3.63, 3.8) is 0 Å². The molecule has 21 heavy (non-hydrogen) atoms. The maximum absolute atomic E-state index is 12.2. The fourth-order valence-corrected chi connectivity index (χ4v) is 2.09. The number of carbonyl (C=O) groups is 1. The molecule has 2 aromatic rings. The first-order valence-corrected chi connectivity index (χ1v) is 6.58. The number of aromatic nitrogens is 2. The number of nitrogens with one attached hydrogen (secondary N) is 1. The number of halogens is 1. The lowest BCUT2D eigenvalue weighted by Crippen LogP contribution is -2.13. The summed E-state index contributed by atoms with van der Waals surface area (Å²) in [6.07, 6.45) is 2.32. The topological polar surface area (TPSA) is 90.1 Å². The average Bonchev–Trinajstić information content (AvgIpc) is 2.78. The molecule has 1 heterocycles. The van der Waals surface area contributed by atoms with Gasteiger partial charge in [0.25, 0.3) is 11.6 Å². The molecule has 0 saturated heterocycles. The predicted octanol–water partition coefficient (Wildman–Crippen LogP) is 2.80. The van der Waals surface area contributed by atoms with Crippen molar-refractivity contribution in [3.8, 4) is 0 Å². The van der Waals surface area contributed by atoms with E-state index in [1.807, 2.05) is 6.92 Å². The molecule has 2 rings (SSSR count). The second-order valence-corrected chi connectivity index (χ2v) is 4.80. The quantitative estimate of drug-likeness (QED) is 0.694. The van der Waals surface area contributed by atoms with Crippen LogP contribution in [-0.2, 0) is 13.5 Å². The minimum atomic E-state index is -0.575. The van der Waals surface area contributed by atoms with Crippen LogP contribution in [-0.4, -0.2) is 20.6 Å². The van der Waals surface area contributed by atoms with E-state index in [0.29, 0.717) is 12.1 Å². The summed E-state index contributed by atoms with van der Waals surface area (Å²) >= 11 is 5.94. The maximum atomic E-state index is 12.2. The van der Waals surface area contributed by atoms with Gasteiger partial charge in [-0.15, -0.1) is 0 Å². The van der Waals surface area contributed by atoms with Crippen molar-refractivity contribution in [2.75, 3.05) is 5.32 Å². The van der Waals surface area contributed by atoms with E-state index >= 15 is 0 Å². The molecule has 0 atom stereocenters. The summed E-state index contributed by atoms with van der Waals surface area (Å²) in [5, 5.41) is 17.8. The summed E-state index contributed by atoms with van der Waals surface area (Å²) in [5.41, 5.74) is 1.16. The highest BCUT2D eigenvalue weighted by Gasteiger charge is 2.17. The van der Waals surface area contributed by atoms with E-state index in [0.717, 1.165) is 11.8 Å². The Labute approximate surface area is 125 Å². The van der Waals surface area contributed by atoms with Crippen LogP contribution in [0.2, 0.25) is 5.02 Å². The van der Waals surface area contributed by atoms with Gasteiger partial charge in [-0.2, -0.15) is 5.10 Å². The highest BCUT2D eigenvalue weighted by Crippen LogP contribution is 2.24. The number of nitrogens with zero attached hydrogens (tertiary/aromatic N) is 3. The van der Waals surface area contributed by atoms with Gasteiger partial charge in [0.2, 0.25) is 0 Å². The fraction of sp³-hybridized carbons (Fsp3) is 0.231. The Hall–Kier alpha value is -2.41. The van der Waals surface area contributed by atoms with Gasteiger partial charge in [0, 0.05) is 25.4 Å². The summed E-state index contributed by atoms with van der Waals surface area (Å²) in [6.45, 7) is 1.92. The van der Waals surface area contributed by atoms with Gasteiger partial charge in [-0.05, 0) is 12.5 Å². The number of non-ortho nitro benzene ring substituents is 1. The van der Waals surface area contributed by atoms with Crippen LogP contribution in [0.3, 0.4) is 0 Å². The summed E-state index contributed by atoms with van der Waals surface area (Å²) in [4.78, 5) is 22.4. The zero-order valence-electron chi connectivity index (χ0n) is 11.5. The summed E-state index contributed by atoms with van der Waals surface area (Å²) in [5.74, 6) is -0.508. The van der Waals surface area contributed by atoms with E-state index in [1.54, 1.807) is 17.9 Å². The third kappa shape index (κ3) is 3.19. The summed E-state index contributed by atoms with van der Waals surface area (Å²) < 4.78 is 1.59. The lowest BCUT2D eigenvalue weighted by molar-refractivity contribution is -0.384. The monoisotopic (exact) mass is 308 g/mol. The number of hydrogen-bond acceptors (Lipinski definition) is 4. The van der Waals surface area contributed by atoms with Crippen molar-refractivity contribution in [2.45, 2.75) is 13.3 Å². The van der Waals surface area contributed by atoms with E-state index in [4.69, 9.17) is 11.6 Å². The Morgan fingerprint density at radius 2 is 2.24 bits per heavy atom. The van der Waals surface area contributed by atoms with Crippen molar-refractivity contribution in [2.24, 2.45) is 7.05 Å². The second-order valence-electron chi connectivity index (χ2n) is 4.39. The molecule has 8 heteroatoms. The molecule has 0 radical (unpaired) electrons. The van der Waals surface area contributed by atoms with Crippen molar-refractivity contribution in [1.29, 1.82) is 0 Å². The van der Waals surface area contributed by atoms with Crippen LogP contribution in [0.4, 0.5) is 11.4 Å². The molecule has 0 aliphatic carbocycles. The Morgan fingerprint density at radius 1 is 1.52 bits per heavy atom. The summed E-state index contributed by atoms with van der Waals surface area (Å²) in [6, 6.07) is 3.74.